The normalized spacial score (nSPS) is 10.5. The molecule has 4 nitrogen and oxygen atoms in total. The molecule has 0 aromatic heterocycles. The van der Waals surface area contributed by atoms with Crippen molar-refractivity contribution in [2.24, 2.45) is 0 Å². The predicted octanol–water partition coefficient (Wildman–Crippen LogP) is 0.732. The van der Waals surface area contributed by atoms with Gasteiger partial charge in [0, 0.05) is 0 Å². The van der Waals surface area contributed by atoms with E-state index in [0.29, 0.717) is 0 Å². The number of rotatable bonds is 7. The molecule has 1 N–H and O–H groups in total. The maximum absolute atomic E-state index is 10.8. The van der Waals surface area contributed by atoms with Gasteiger partial charge in [0.05, 0.1) is 26.2 Å². The fraction of sp³-hybridized carbons (Fsp3) is 0.857. The summed E-state index contributed by atoms with van der Waals surface area (Å²) in [5.41, 5.74) is 0. The van der Waals surface area contributed by atoms with Crippen molar-refractivity contribution in [1.82, 2.24) is 0 Å². The van der Waals surface area contributed by atoms with E-state index < -0.39 is 10.8 Å². The topological polar surface area (TPSA) is 55.8 Å². The number of aliphatic hydroxyl groups excluding tert-OH is 1. The van der Waals surface area contributed by atoms with Crippen molar-refractivity contribution in [2.75, 3.05) is 26.4 Å². The second-order valence-electron chi connectivity index (χ2n) is 2.15. The first kappa shape index (κ1) is 13.0. The highest BCUT2D eigenvalue weighted by molar-refractivity contribution is 6.45. The molecule has 0 fully saturated rings. The Labute approximate surface area is 86.7 Å². The second-order valence-corrected chi connectivity index (χ2v) is 3.43. The summed E-state index contributed by atoms with van der Waals surface area (Å²) in [5, 5.41) is 8.33. The highest BCUT2D eigenvalue weighted by atomic mass is 35.5. The molecule has 0 bridgehead atoms. The fourth-order valence-electron chi connectivity index (χ4n) is 0.566. The molecule has 0 aromatic carbocycles. The number of hydrogen-bond donors (Lipinski definition) is 1. The number of halogens is 2. The van der Waals surface area contributed by atoms with Crippen LogP contribution >= 0.6 is 23.2 Å². The molecule has 0 amide bonds. The minimum Gasteiger partial charge on any atom is -0.463 e. The van der Waals surface area contributed by atoms with Crippen LogP contribution in [0.2, 0.25) is 0 Å². The van der Waals surface area contributed by atoms with Crippen molar-refractivity contribution in [1.29, 1.82) is 0 Å². The summed E-state index contributed by atoms with van der Waals surface area (Å²) in [6.07, 6.45) is -0.0247. The van der Waals surface area contributed by atoms with Gasteiger partial charge in [-0.1, -0.05) is 0 Å². The first-order valence-corrected chi connectivity index (χ1v) is 4.66. The SMILES string of the molecule is O=C(CC(Cl)Cl)OCCOCCO. The van der Waals surface area contributed by atoms with Gasteiger partial charge in [-0.3, -0.25) is 4.79 Å². The molecule has 0 aliphatic carbocycles. The number of aliphatic hydroxyl groups is 1. The van der Waals surface area contributed by atoms with Crippen LogP contribution in [-0.4, -0.2) is 42.3 Å². The molecule has 0 aliphatic rings. The predicted molar refractivity (Wildman–Crippen MR) is 49.0 cm³/mol. The Morgan fingerprint density at radius 3 is 2.54 bits per heavy atom. The van der Waals surface area contributed by atoms with Gasteiger partial charge in [0.2, 0.25) is 0 Å². The van der Waals surface area contributed by atoms with E-state index in [0.717, 1.165) is 0 Å². The molecular formula is C7H12Cl2O4. The molecule has 78 valence electrons. The summed E-state index contributed by atoms with van der Waals surface area (Å²) in [4.78, 5) is 10.1. The maximum Gasteiger partial charge on any atom is 0.308 e. The number of carbonyl (C=O) groups is 1. The van der Waals surface area contributed by atoms with Crippen LogP contribution in [0.25, 0.3) is 0 Å². The highest BCUT2D eigenvalue weighted by Gasteiger charge is 2.08. The Morgan fingerprint density at radius 1 is 1.31 bits per heavy atom. The molecule has 0 unspecified atom stereocenters. The minimum absolute atomic E-state index is 0.0247. The molecule has 0 spiro atoms. The minimum atomic E-state index is -0.731. The molecule has 0 aromatic rings. The lowest BCUT2D eigenvalue weighted by Crippen LogP contribution is -2.13. The average molecular weight is 231 g/mol. The highest BCUT2D eigenvalue weighted by Crippen LogP contribution is 2.07. The van der Waals surface area contributed by atoms with Crippen molar-refractivity contribution in [3.05, 3.63) is 0 Å². The summed E-state index contributed by atoms with van der Waals surface area (Å²) in [6, 6.07) is 0. The van der Waals surface area contributed by atoms with Crippen LogP contribution in [0.5, 0.6) is 0 Å². The van der Waals surface area contributed by atoms with E-state index in [2.05, 4.69) is 4.74 Å². The van der Waals surface area contributed by atoms with Crippen LogP contribution in [0, 0.1) is 0 Å². The van der Waals surface area contributed by atoms with Crippen LogP contribution in [0.4, 0.5) is 0 Å². The van der Waals surface area contributed by atoms with Crippen LogP contribution in [-0.2, 0) is 14.3 Å². The number of esters is 1. The lowest BCUT2D eigenvalue weighted by Gasteiger charge is -2.04. The van der Waals surface area contributed by atoms with E-state index in [4.69, 9.17) is 33.0 Å². The van der Waals surface area contributed by atoms with Gasteiger partial charge >= 0.3 is 5.97 Å². The third-order valence-corrected chi connectivity index (χ3v) is 1.36. The molecular weight excluding hydrogens is 219 g/mol. The molecule has 6 heteroatoms. The summed E-state index contributed by atoms with van der Waals surface area (Å²) in [7, 11) is 0. The lowest BCUT2D eigenvalue weighted by molar-refractivity contribution is -0.144. The Balaban J connectivity index is 3.17. The van der Waals surface area contributed by atoms with Crippen LogP contribution in [0.1, 0.15) is 6.42 Å². The van der Waals surface area contributed by atoms with Gasteiger partial charge in [-0.2, -0.15) is 0 Å². The number of ether oxygens (including phenoxy) is 2. The van der Waals surface area contributed by atoms with Gasteiger partial charge < -0.3 is 14.6 Å². The largest absolute Gasteiger partial charge is 0.463 e. The molecule has 0 rings (SSSR count). The first-order chi connectivity index (χ1) is 6.16. The van der Waals surface area contributed by atoms with E-state index in [-0.39, 0.29) is 32.8 Å². The summed E-state index contributed by atoms with van der Waals surface area (Å²) < 4.78 is 9.53. The van der Waals surface area contributed by atoms with Gasteiger partial charge in [0.15, 0.2) is 0 Å². The third kappa shape index (κ3) is 9.89. The molecule has 0 saturated heterocycles. The summed E-state index contributed by atoms with van der Waals surface area (Å²) in [5.74, 6) is -0.456. The second kappa shape index (κ2) is 8.56. The first-order valence-electron chi connectivity index (χ1n) is 3.79. The van der Waals surface area contributed by atoms with E-state index in [1.54, 1.807) is 0 Å². The standard InChI is InChI=1S/C7H12Cl2O4/c8-6(9)5-7(11)13-4-3-12-2-1-10/h6,10H,1-5H2. The number of hydrogen-bond acceptors (Lipinski definition) is 4. The van der Waals surface area contributed by atoms with Crippen LogP contribution in [0.15, 0.2) is 0 Å². The molecule has 0 saturated carbocycles. The van der Waals surface area contributed by atoms with E-state index in [1.807, 2.05) is 0 Å². The summed E-state index contributed by atoms with van der Waals surface area (Å²) >= 11 is 10.7. The summed E-state index contributed by atoms with van der Waals surface area (Å²) in [6.45, 7) is 0.617. The van der Waals surface area contributed by atoms with Gasteiger partial charge in [-0.15, -0.1) is 23.2 Å². The van der Waals surface area contributed by atoms with Gasteiger partial charge in [-0.25, -0.2) is 0 Å². The van der Waals surface area contributed by atoms with E-state index in [1.165, 1.54) is 0 Å². The quantitative estimate of drug-likeness (QED) is 0.398. The third-order valence-electron chi connectivity index (χ3n) is 1.05. The Bertz CT molecular complexity index is 140. The fourth-order valence-corrected chi connectivity index (χ4v) is 0.818. The zero-order valence-electron chi connectivity index (χ0n) is 7.04. The van der Waals surface area contributed by atoms with Crippen molar-refractivity contribution in [2.45, 2.75) is 11.3 Å². The van der Waals surface area contributed by atoms with Gasteiger partial charge in [-0.05, 0) is 0 Å². The molecule has 0 heterocycles. The van der Waals surface area contributed by atoms with Crippen LogP contribution < -0.4 is 0 Å². The smallest absolute Gasteiger partial charge is 0.308 e. The zero-order chi connectivity index (χ0) is 10.1. The van der Waals surface area contributed by atoms with Gasteiger partial charge in [0.25, 0.3) is 0 Å². The molecule has 0 aliphatic heterocycles. The van der Waals surface area contributed by atoms with E-state index in [9.17, 15) is 4.79 Å². The Hall–Kier alpha value is -0.0300. The van der Waals surface area contributed by atoms with Crippen molar-refractivity contribution >= 4 is 29.2 Å². The average Bonchev–Trinajstić information content (AvgIpc) is 2.02. The van der Waals surface area contributed by atoms with Crippen molar-refractivity contribution in [3.63, 3.8) is 0 Å². The van der Waals surface area contributed by atoms with Crippen molar-refractivity contribution in [3.8, 4) is 0 Å². The number of alkyl halides is 2. The molecule has 13 heavy (non-hydrogen) atoms. The number of carbonyl (C=O) groups excluding carboxylic acids is 1. The zero-order valence-corrected chi connectivity index (χ0v) is 8.55. The van der Waals surface area contributed by atoms with Crippen LogP contribution in [0.3, 0.4) is 0 Å². The Morgan fingerprint density at radius 2 is 2.00 bits per heavy atom. The Kier molecular flexibility index (Phi) is 8.54. The maximum atomic E-state index is 10.8. The molecule has 0 atom stereocenters. The van der Waals surface area contributed by atoms with E-state index >= 15 is 0 Å². The lowest BCUT2D eigenvalue weighted by atomic mass is 10.5. The van der Waals surface area contributed by atoms with Gasteiger partial charge in [0.1, 0.15) is 11.4 Å². The van der Waals surface area contributed by atoms with Crippen molar-refractivity contribution < 1.29 is 19.4 Å². The molecule has 0 radical (unpaired) electrons. The monoisotopic (exact) mass is 230 g/mol.